The lowest BCUT2D eigenvalue weighted by Crippen LogP contribution is -2.49. The van der Waals surface area contributed by atoms with Gasteiger partial charge in [-0.15, -0.1) is 0 Å². The van der Waals surface area contributed by atoms with Crippen LogP contribution in [0.4, 0.5) is 0 Å². The largest absolute Gasteiger partial charge is 0.467 e. The summed E-state index contributed by atoms with van der Waals surface area (Å²) >= 11 is 0. The van der Waals surface area contributed by atoms with Crippen molar-refractivity contribution in [2.45, 2.75) is 38.1 Å². The molecule has 0 radical (unpaired) electrons. The Balaban J connectivity index is 1.90. The number of likely N-dealkylation sites (tertiary alicyclic amines) is 1. The van der Waals surface area contributed by atoms with Crippen LogP contribution in [0, 0.1) is 0 Å². The molecule has 1 aliphatic rings. The summed E-state index contributed by atoms with van der Waals surface area (Å²) in [5.41, 5.74) is 0. The van der Waals surface area contributed by atoms with E-state index < -0.39 is 0 Å². The Hall–Kier alpha value is -1.37. The van der Waals surface area contributed by atoms with Crippen molar-refractivity contribution >= 4 is 5.91 Å². The maximum absolute atomic E-state index is 12.3. The van der Waals surface area contributed by atoms with E-state index in [1.807, 2.05) is 27.1 Å². The highest BCUT2D eigenvalue weighted by Crippen LogP contribution is 2.21. The Kier molecular flexibility index (Phi) is 5.39. The van der Waals surface area contributed by atoms with Crippen molar-refractivity contribution in [1.82, 2.24) is 15.1 Å². The van der Waals surface area contributed by atoms with E-state index in [1.54, 1.807) is 12.3 Å². The molecule has 2 rings (SSSR count). The Labute approximate surface area is 125 Å². The van der Waals surface area contributed by atoms with Crippen LogP contribution in [0.5, 0.6) is 0 Å². The summed E-state index contributed by atoms with van der Waals surface area (Å²) in [4.78, 5) is 16.4. The number of β-amino-alcohol motifs (C(OH)–C–C–N with tert-alkyl or cyclic N) is 1. The first-order valence-electron chi connectivity index (χ1n) is 7.36. The van der Waals surface area contributed by atoms with Gasteiger partial charge in [0.15, 0.2) is 0 Å². The van der Waals surface area contributed by atoms with E-state index in [1.165, 1.54) is 0 Å². The van der Waals surface area contributed by atoms with Gasteiger partial charge in [0.2, 0.25) is 5.91 Å². The minimum atomic E-state index is -0.352. The summed E-state index contributed by atoms with van der Waals surface area (Å²) in [6, 6.07) is 3.58. The first-order chi connectivity index (χ1) is 9.97. The molecule has 1 aromatic rings. The zero-order valence-corrected chi connectivity index (χ0v) is 13.0. The number of hydrogen-bond acceptors (Lipinski definition) is 5. The van der Waals surface area contributed by atoms with Crippen molar-refractivity contribution in [3.05, 3.63) is 24.2 Å². The van der Waals surface area contributed by atoms with E-state index in [0.717, 1.165) is 12.3 Å². The smallest absolute Gasteiger partial charge is 0.237 e. The van der Waals surface area contributed by atoms with E-state index in [4.69, 9.17) is 4.42 Å². The molecule has 0 spiro atoms. The van der Waals surface area contributed by atoms with Crippen LogP contribution >= 0.6 is 0 Å². The van der Waals surface area contributed by atoms with Crippen LogP contribution in [0.25, 0.3) is 0 Å². The Morgan fingerprint density at radius 2 is 2.38 bits per heavy atom. The van der Waals surface area contributed by atoms with Gasteiger partial charge in [0, 0.05) is 19.1 Å². The van der Waals surface area contributed by atoms with Gasteiger partial charge in [0.05, 0.1) is 25.0 Å². The second kappa shape index (κ2) is 7.06. The molecule has 21 heavy (non-hydrogen) atoms. The van der Waals surface area contributed by atoms with Crippen molar-refractivity contribution in [2.75, 3.05) is 27.2 Å². The minimum absolute atomic E-state index is 0.0377. The molecule has 2 N–H and O–H groups in total. The predicted octanol–water partition coefficient (Wildman–Crippen LogP) is 0.281. The molecule has 1 aliphatic heterocycles. The fourth-order valence-corrected chi connectivity index (χ4v) is 2.88. The highest BCUT2D eigenvalue weighted by molar-refractivity contribution is 5.81. The van der Waals surface area contributed by atoms with Crippen LogP contribution in [0.3, 0.4) is 0 Å². The highest BCUT2D eigenvalue weighted by atomic mass is 16.3. The van der Waals surface area contributed by atoms with Gasteiger partial charge >= 0.3 is 0 Å². The predicted molar refractivity (Wildman–Crippen MR) is 79.7 cm³/mol. The number of aliphatic hydroxyl groups excluding tert-OH is 1. The van der Waals surface area contributed by atoms with Crippen LogP contribution in [0.15, 0.2) is 22.8 Å². The fourth-order valence-electron chi connectivity index (χ4n) is 2.88. The van der Waals surface area contributed by atoms with Gasteiger partial charge in [0.25, 0.3) is 0 Å². The molecular weight excluding hydrogens is 270 g/mol. The molecule has 3 atom stereocenters. The standard InChI is InChI=1S/C15H25N3O3/c1-11(15(20)16-8-14-5-4-6-21-14)18-10-13(19)7-12(18)9-17(2)3/h4-6,11-13,19H,7-10H2,1-3H3,(H,16,20). The van der Waals surface area contributed by atoms with Crippen molar-refractivity contribution in [2.24, 2.45) is 0 Å². The van der Waals surface area contributed by atoms with Gasteiger partial charge in [-0.3, -0.25) is 9.69 Å². The van der Waals surface area contributed by atoms with Gasteiger partial charge in [-0.25, -0.2) is 0 Å². The Morgan fingerprint density at radius 3 is 3.00 bits per heavy atom. The lowest BCUT2D eigenvalue weighted by atomic mass is 10.1. The number of hydrogen-bond donors (Lipinski definition) is 2. The van der Waals surface area contributed by atoms with Crippen LogP contribution < -0.4 is 5.32 Å². The van der Waals surface area contributed by atoms with Crippen LogP contribution in [0.1, 0.15) is 19.1 Å². The van der Waals surface area contributed by atoms with Crippen molar-refractivity contribution in [1.29, 1.82) is 0 Å². The molecule has 118 valence electrons. The van der Waals surface area contributed by atoms with Gasteiger partial charge in [-0.05, 0) is 39.6 Å². The first-order valence-corrected chi connectivity index (χ1v) is 7.36. The summed E-state index contributed by atoms with van der Waals surface area (Å²) < 4.78 is 5.20. The number of likely N-dealkylation sites (N-methyl/N-ethyl adjacent to an activating group) is 1. The lowest BCUT2D eigenvalue weighted by Gasteiger charge is -2.31. The Bertz CT molecular complexity index is 447. The monoisotopic (exact) mass is 295 g/mol. The molecular formula is C15H25N3O3. The van der Waals surface area contributed by atoms with E-state index >= 15 is 0 Å². The van der Waals surface area contributed by atoms with Gasteiger partial charge < -0.3 is 19.7 Å². The van der Waals surface area contributed by atoms with Gasteiger partial charge in [0.1, 0.15) is 5.76 Å². The fraction of sp³-hybridized carbons (Fsp3) is 0.667. The quantitative estimate of drug-likeness (QED) is 0.789. The molecule has 6 nitrogen and oxygen atoms in total. The van der Waals surface area contributed by atoms with Crippen molar-refractivity contribution in [3.63, 3.8) is 0 Å². The van der Waals surface area contributed by atoms with Crippen LogP contribution in [0.2, 0.25) is 0 Å². The maximum atomic E-state index is 12.3. The van der Waals surface area contributed by atoms with E-state index in [-0.39, 0.29) is 24.1 Å². The van der Waals surface area contributed by atoms with Gasteiger partial charge in [-0.2, -0.15) is 0 Å². The summed E-state index contributed by atoms with van der Waals surface area (Å²) in [6.45, 7) is 3.67. The number of rotatable bonds is 6. The molecule has 0 aromatic carbocycles. The Morgan fingerprint density at radius 1 is 1.62 bits per heavy atom. The number of nitrogens with zero attached hydrogens (tertiary/aromatic N) is 2. The number of carbonyl (C=O) groups is 1. The molecule has 0 bridgehead atoms. The van der Waals surface area contributed by atoms with E-state index in [2.05, 4.69) is 15.1 Å². The molecule has 0 aliphatic carbocycles. The molecule has 0 saturated carbocycles. The SMILES string of the molecule is CC(C(=O)NCc1ccco1)N1CC(O)CC1CN(C)C. The molecule has 2 heterocycles. The average molecular weight is 295 g/mol. The first kappa shape index (κ1) is 16.0. The minimum Gasteiger partial charge on any atom is -0.467 e. The molecule has 3 unspecified atom stereocenters. The third-order valence-electron chi connectivity index (χ3n) is 3.90. The normalized spacial score (nSPS) is 24.4. The number of carbonyl (C=O) groups excluding carboxylic acids is 1. The number of nitrogens with one attached hydrogen (secondary N) is 1. The summed E-state index contributed by atoms with van der Waals surface area (Å²) in [5.74, 6) is 0.700. The van der Waals surface area contributed by atoms with E-state index in [9.17, 15) is 9.90 Å². The third kappa shape index (κ3) is 4.30. The zero-order chi connectivity index (χ0) is 15.4. The van der Waals surface area contributed by atoms with Crippen LogP contribution in [-0.4, -0.2) is 66.2 Å². The van der Waals surface area contributed by atoms with E-state index in [0.29, 0.717) is 19.5 Å². The average Bonchev–Trinajstić information content (AvgIpc) is 3.04. The second-order valence-electron chi connectivity index (χ2n) is 5.98. The maximum Gasteiger partial charge on any atom is 0.237 e. The molecule has 1 aromatic heterocycles. The highest BCUT2D eigenvalue weighted by Gasteiger charge is 2.36. The zero-order valence-electron chi connectivity index (χ0n) is 13.0. The number of aliphatic hydroxyl groups is 1. The van der Waals surface area contributed by atoms with Crippen LogP contribution in [-0.2, 0) is 11.3 Å². The molecule has 1 saturated heterocycles. The van der Waals surface area contributed by atoms with Crippen molar-refractivity contribution in [3.8, 4) is 0 Å². The van der Waals surface area contributed by atoms with Crippen molar-refractivity contribution < 1.29 is 14.3 Å². The molecule has 6 heteroatoms. The van der Waals surface area contributed by atoms with Gasteiger partial charge in [-0.1, -0.05) is 0 Å². The number of furan rings is 1. The molecule has 1 fully saturated rings. The lowest BCUT2D eigenvalue weighted by molar-refractivity contribution is -0.126. The second-order valence-corrected chi connectivity index (χ2v) is 5.98. The summed E-state index contributed by atoms with van der Waals surface area (Å²) in [5, 5.41) is 12.8. The summed E-state index contributed by atoms with van der Waals surface area (Å²) in [7, 11) is 4.01. The number of amides is 1. The topological polar surface area (TPSA) is 69.0 Å². The summed E-state index contributed by atoms with van der Waals surface area (Å²) in [6.07, 6.45) is 1.96. The molecule has 1 amide bonds. The third-order valence-corrected chi connectivity index (χ3v) is 3.90.